The smallest absolute Gasteiger partial charge is 0.0981 e. The van der Waals surface area contributed by atoms with Crippen LogP contribution in [0.25, 0.3) is 0 Å². The number of aromatic nitrogens is 1. The van der Waals surface area contributed by atoms with Gasteiger partial charge in [0.15, 0.2) is 0 Å². The maximum atomic E-state index is 4.56. The van der Waals surface area contributed by atoms with E-state index in [1.165, 1.54) is 35.6 Å². The summed E-state index contributed by atoms with van der Waals surface area (Å²) in [5.74, 6) is 1.99. The molecular weight excluding hydrogens is 240 g/mol. The van der Waals surface area contributed by atoms with Crippen molar-refractivity contribution in [2.24, 2.45) is 11.8 Å². The first-order chi connectivity index (χ1) is 8.52. The SMILES string of the molecule is CC(C)(C)c1ncc(CNC2CC3CCC2C3)s1. The second kappa shape index (κ2) is 4.61. The van der Waals surface area contributed by atoms with Crippen molar-refractivity contribution < 1.29 is 0 Å². The van der Waals surface area contributed by atoms with Gasteiger partial charge in [-0.3, -0.25) is 0 Å². The Kier molecular flexibility index (Phi) is 3.23. The van der Waals surface area contributed by atoms with E-state index in [1.54, 1.807) is 0 Å². The number of rotatable bonds is 3. The van der Waals surface area contributed by atoms with Crippen LogP contribution in [0.3, 0.4) is 0 Å². The third-order valence-electron chi connectivity index (χ3n) is 4.47. The van der Waals surface area contributed by atoms with Gasteiger partial charge in [-0.05, 0) is 31.1 Å². The Labute approximate surface area is 114 Å². The first-order valence-corrected chi connectivity index (χ1v) is 8.02. The lowest BCUT2D eigenvalue weighted by atomic mass is 9.95. The van der Waals surface area contributed by atoms with Crippen LogP contribution in [-0.4, -0.2) is 11.0 Å². The van der Waals surface area contributed by atoms with Gasteiger partial charge >= 0.3 is 0 Å². The third kappa shape index (κ3) is 2.48. The summed E-state index contributed by atoms with van der Waals surface area (Å²) in [7, 11) is 0. The van der Waals surface area contributed by atoms with E-state index >= 15 is 0 Å². The van der Waals surface area contributed by atoms with E-state index in [4.69, 9.17) is 0 Å². The van der Waals surface area contributed by atoms with Gasteiger partial charge in [-0.25, -0.2) is 4.98 Å². The van der Waals surface area contributed by atoms with Crippen molar-refractivity contribution in [1.82, 2.24) is 10.3 Å². The first kappa shape index (κ1) is 12.6. The van der Waals surface area contributed by atoms with Crippen LogP contribution in [0, 0.1) is 11.8 Å². The van der Waals surface area contributed by atoms with Crippen LogP contribution < -0.4 is 5.32 Å². The van der Waals surface area contributed by atoms with Gasteiger partial charge in [0.05, 0.1) is 5.01 Å². The molecule has 0 aromatic carbocycles. The van der Waals surface area contributed by atoms with Gasteiger partial charge in [0.1, 0.15) is 0 Å². The van der Waals surface area contributed by atoms with E-state index in [0.717, 1.165) is 24.4 Å². The van der Waals surface area contributed by atoms with Crippen LogP contribution in [0.15, 0.2) is 6.20 Å². The molecule has 18 heavy (non-hydrogen) atoms. The standard InChI is InChI=1S/C15H24N2S/c1-15(2,3)14-17-9-12(18-14)8-16-13-7-10-4-5-11(13)6-10/h9-11,13,16H,4-8H2,1-3H3. The minimum atomic E-state index is 0.190. The van der Waals surface area contributed by atoms with Crippen molar-refractivity contribution in [2.75, 3.05) is 0 Å². The highest BCUT2D eigenvalue weighted by molar-refractivity contribution is 7.11. The summed E-state index contributed by atoms with van der Waals surface area (Å²) >= 11 is 1.87. The normalized spacial score (nSPS) is 31.2. The maximum absolute atomic E-state index is 4.56. The highest BCUT2D eigenvalue weighted by atomic mass is 32.1. The number of hydrogen-bond donors (Lipinski definition) is 1. The third-order valence-corrected chi connectivity index (χ3v) is 5.89. The first-order valence-electron chi connectivity index (χ1n) is 7.21. The van der Waals surface area contributed by atoms with Crippen molar-refractivity contribution in [3.8, 4) is 0 Å². The molecule has 1 aromatic rings. The van der Waals surface area contributed by atoms with Crippen LogP contribution in [0.5, 0.6) is 0 Å². The van der Waals surface area contributed by atoms with Crippen molar-refractivity contribution in [3.05, 3.63) is 16.1 Å². The molecule has 3 rings (SSSR count). The summed E-state index contributed by atoms with van der Waals surface area (Å²) < 4.78 is 0. The van der Waals surface area contributed by atoms with E-state index in [0.29, 0.717) is 0 Å². The molecular formula is C15H24N2S. The van der Waals surface area contributed by atoms with Crippen molar-refractivity contribution >= 4 is 11.3 Å². The fourth-order valence-corrected chi connectivity index (χ4v) is 4.38. The van der Waals surface area contributed by atoms with Crippen molar-refractivity contribution in [1.29, 1.82) is 0 Å². The molecule has 0 amide bonds. The molecule has 3 unspecified atom stereocenters. The predicted molar refractivity (Wildman–Crippen MR) is 76.9 cm³/mol. The zero-order chi connectivity index (χ0) is 12.8. The molecule has 0 spiro atoms. The molecule has 2 saturated carbocycles. The Morgan fingerprint density at radius 3 is 2.72 bits per heavy atom. The molecule has 1 N–H and O–H groups in total. The summed E-state index contributed by atoms with van der Waals surface area (Å²) in [6, 6.07) is 0.781. The second-order valence-corrected chi connectivity index (χ2v) is 8.16. The fourth-order valence-electron chi connectivity index (χ4n) is 3.46. The van der Waals surface area contributed by atoms with Crippen molar-refractivity contribution in [3.63, 3.8) is 0 Å². The molecule has 3 atom stereocenters. The fraction of sp³-hybridized carbons (Fsp3) is 0.800. The van der Waals surface area contributed by atoms with Gasteiger partial charge in [-0.2, -0.15) is 0 Å². The van der Waals surface area contributed by atoms with Crippen LogP contribution in [-0.2, 0) is 12.0 Å². The van der Waals surface area contributed by atoms with E-state index in [1.807, 2.05) is 11.3 Å². The zero-order valence-corrected chi connectivity index (χ0v) is 12.5. The predicted octanol–water partition coefficient (Wildman–Crippen LogP) is 3.72. The molecule has 1 heterocycles. The number of hydrogen-bond acceptors (Lipinski definition) is 3. The lowest BCUT2D eigenvalue weighted by Crippen LogP contribution is -2.33. The van der Waals surface area contributed by atoms with E-state index < -0.39 is 0 Å². The van der Waals surface area contributed by atoms with Gasteiger partial charge in [0.2, 0.25) is 0 Å². The summed E-state index contributed by atoms with van der Waals surface area (Å²) in [5.41, 5.74) is 0.190. The quantitative estimate of drug-likeness (QED) is 0.900. The largest absolute Gasteiger partial charge is 0.309 e. The average molecular weight is 264 g/mol. The van der Waals surface area contributed by atoms with E-state index in [-0.39, 0.29) is 5.41 Å². The average Bonchev–Trinajstić information content (AvgIpc) is 3.01. The molecule has 1 aromatic heterocycles. The lowest BCUT2D eigenvalue weighted by Gasteiger charge is -2.22. The minimum Gasteiger partial charge on any atom is -0.309 e. The maximum Gasteiger partial charge on any atom is 0.0981 e. The Balaban J connectivity index is 1.56. The minimum absolute atomic E-state index is 0.190. The Hall–Kier alpha value is -0.410. The van der Waals surface area contributed by atoms with Gasteiger partial charge < -0.3 is 5.32 Å². The zero-order valence-electron chi connectivity index (χ0n) is 11.7. The molecule has 2 aliphatic rings. The van der Waals surface area contributed by atoms with Gasteiger partial charge in [-0.15, -0.1) is 11.3 Å². The number of fused-ring (bicyclic) bond motifs is 2. The summed E-state index contributed by atoms with van der Waals surface area (Å²) in [6.45, 7) is 7.72. The Morgan fingerprint density at radius 1 is 1.33 bits per heavy atom. The molecule has 0 aliphatic heterocycles. The lowest BCUT2D eigenvalue weighted by molar-refractivity contribution is 0.351. The molecule has 0 radical (unpaired) electrons. The molecule has 2 aliphatic carbocycles. The van der Waals surface area contributed by atoms with Crippen LogP contribution >= 0.6 is 11.3 Å². The van der Waals surface area contributed by atoms with Crippen LogP contribution in [0.2, 0.25) is 0 Å². The number of nitrogens with one attached hydrogen (secondary N) is 1. The second-order valence-electron chi connectivity index (χ2n) is 7.04. The van der Waals surface area contributed by atoms with Gasteiger partial charge in [-0.1, -0.05) is 27.2 Å². The topological polar surface area (TPSA) is 24.9 Å². The number of thiazole rings is 1. The summed E-state index contributed by atoms with van der Waals surface area (Å²) in [6.07, 6.45) is 7.89. The molecule has 3 heteroatoms. The van der Waals surface area contributed by atoms with E-state index in [9.17, 15) is 0 Å². The monoisotopic (exact) mass is 264 g/mol. The molecule has 100 valence electrons. The number of nitrogens with zero attached hydrogens (tertiary/aromatic N) is 1. The van der Waals surface area contributed by atoms with Gasteiger partial charge in [0, 0.05) is 29.1 Å². The van der Waals surface area contributed by atoms with Crippen molar-refractivity contribution in [2.45, 2.75) is 64.5 Å². The summed E-state index contributed by atoms with van der Waals surface area (Å²) in [5, 5.41) is 5.02. The van der Waals surface area contributed by atoms with Crippen LogP contribution in [0.1, 0.15) is 56.3 Å². The Morgan fingerprint density at radius 2 is 2.17 bits per heavy atom. The highest BCUT2D eigenvalue weighted by Gasteiger charge is 2.39. The molecule has 2 nitrogen and oxygen atoms in total. The van der Waals surface area contributed by atoms with Gasteiger partial charge in [0.25, 0.3) is 0 Å². The van der Waals surface area contributed by atoms with Crippen LogP contribution in [0.4, 0.5) is 0 Å². The molecule has 0 saturated heterocycles. The highest BCUT2D eigenvalue weighted by Crippen LogP contribution is 2.44. The van der Waals surface area contributed by atoms with E-state index in [2.05, 4.69) is 37.3 Å². The molecule has 2 bridgehead atoms. The Bertz CT molecular complexity index is 418. The molecule has 2 fully saturated rings. The summed E-state index contributed by atoms with van der Waals surface area (Å²) in [4.78, 5) is 5.95.